The van der Waals surface area contributed by atoms with E-state index in [4.69, 9.17) is 4.74 Å². The van der Waals surface area contributed by atoms with Crippen molar-refractivity contribution in [3.63, 3.8) is 0 Å². The van der Waals surface area contributed by atoms with Gasteiger partial charge in [0, 0.05) is 5.56 Å². The summed E-state index contributed by atoms with van der Waals surface area (Å²) in [5.41, 5.74) is -0.0385. The molecule has 3 unspecified atom stereocenters. The van der Waals surface area contributed by atoms with Gasteiger partial charge in [-0.05, 0) is 24.8 Å². The van der Waals surface area contributed by atoms with Crippen molar-refractivity contribution in [2.24, 2.45) is 5.92 Å². The second kappa shape index (κ2) is 6.44. The number of halogens is 2. The van der Waals surface area contributed by atoms with Crippen molar-refractivity contribution in [1.29, 1.82) is 0 Å². The van der Waals surface area contributed by atoms with E-state index in [0.717, 1.165) is 25.3 Å². The summed E-state index contributed by atoms with van der Waals surface area (Å²) in [6.45, 7) is 2.13. The second-order valence-electron chi connectivity index (χ2n) is 5.29. The van der Waals surface area contributed by atoms with Gasteiger partial charge in [-0.1, -0.05) is 31.9 Å². The largest absolute Gasteiger partial charge is 0.386 e. The molecule has 0 heterocycles. The highest BCUT2D eigenvalue weighted by Gasteiger charge is 2.24. The van der Waals surface area contributed by atoms with Crippen LogP contribution in [0.25, 0.3) is 0 Å². The monoisotopic (exact) mass is 270 g/mol. The van der Waals surface area contributed by atoms with Crippen LogP contribution in [0.4, 0.5) is 8.78 Å². The third-order valence-corrected chi connectivity index (χ3v) is 3.84. The van der Waals surface area contributed by atoms with Crippen molar-refractivity contribution in [1.82, 2.24) is 0 Å². The number of hydrogen-bond acceptors (Lipinski definition) is 2. The summed E-state index contributed by atoms with van der Waals surface area (Å²) in [4.78, 5) is 0. The van der Waals surface area contributed by atoms with E-state index in [1.807, 2.05) is 0 Å². The summed E-state index contributed by atoms with van der Waals surface area (Å²) in [5.74, 6) is -1.48. The van der Waals surface area contributed by atoms with Crippen LogP contribution in [0.3, 0.4) is 0 Å². The van der Waals surface area contributed by atoms with E-state index >= 15 is 0 Å². The van der Waals surface area contributed by atoms with Crippen molar-refractivity contribution in [3.8, 4) is 0 Å². The zero-order valence-electron chi connectivity index (χ0n) is 11.1. The Hall–Kier alpha value is -1.00. The van der Waals surface area contributed by atoms with E-state index in [9.17, 15) is 13.9 Å². The summed E-state index contributed by atoms with van der Waals surface area (Å²) in [6, 6.07) is 3.81. The molecule has 0 radical (unpaired) electrons. The number of aliphatic hydroxyl groups is 1. The highest BCUT2D eigenvalue weighted by atomic mass is 19.2. The number of ether oxygens (including phenoxy) is 1. The molecule has 2 nitrogen and oxygen atoms in total. The summed E-state index contributed by atoms with van der Waals surface area (Å²) in [5, 5.41) is 9.91. The first-order valence-electron chi connectivity index (χ1n) is 6.83. The zero-order chi connectivity index (χ0) is 13.8. The van der Waals surface area contributed by atoms with Gasteiger partial charge in [-0.2, -0.15) is 0 Å². The summed E-state index contributed by atoms with van der Waals surface area (Å²) in [7, 11) is 0. The Kier molecular flexibility index (Phi) is 4.88. The topological polar surface area (TPSA) is 29.5 Å². The average Bonchev–Trinajstić information content (AvgIpc) is 2.40. The molecule has 0 aliphatic heterocycles. The number of rotatable bonds is 4. The maximum atomic E-state index is 13.5. The molecule has 1 saturated carbocycles. The Morgan fingerprint density at radius 1 is 1.32 bits per heavy atom. The number of benzene rings is 1. The van der Waals surface area contributed by atoms with Gasteiger partial charge in [0.25, 0.3) is 0 Å². The van der Waals surface area contributed by atoms with Gasteiger partial charge < -0.3 is 9.84 Å². The maximum Gasteiger partial charge on any atom is 0.164 e. The van der Waals surface area contributed by atoms with Gasteiger partial charge in [-0.25, -0.2) is 8.78 Å². The molecule has 1 aromatic carbocycles. The predicted octanol–water partition coefficient (Wildman–Crippen LogP) is 3.59. The SMILES string of the molecule is CC1CCCCC1OCC(O)c1cccc(F)c1F. The quantitative estimate of drug-likeness (QED) is 0.906. The highest BCUT2D eigenvalue weighted by molar-refractivity contribution is 5.21. The van der Waals surface area contributed by atoms with Crippen LogP contribution < -0.4 is 0 Å². The van der Waals surface area contributed by atoms with Gasteiger partial charge in [-0.3, -0.25) is 0 Å². The van der Waals surface area contributed by atoms with Gasteiger partial charge in [0.05, 0.1) is 12.7 Å². The minimum absolute atomic E-state index is 0.00931. The van der Waals surface area contributed by atoms with Gasteiger partial charge >= 0.3 is 0 Å². The van der Waals surface area contributed by atoms with Crippen LogP contribution in [-0.2, 0) is 4.74 Å². The molecule has 0 amide bonds. The van der Waals surface area contributed by atoms with Crippen molar-refractivity contribution < 1.29 is 18.6 Å². The van der Waals surface area contributed by atoms with Crippen LogP contribution in [0.5, 0.6) is 0 Å². The standard InChI is InChI=1S/C15H20F2O2/c1-10-5-2-3-8-14(10)19-9-13(18)11-6-4-7-12(16)15(11)17/h4,6-7,10,13-14,18H,2-3,5,8-9H2,1H3. The minimum Gasteiger partial charge on any atom is -0.386 e. The van der Waals surface area contributed by atoms with Crippen LogP contribution in [0, 0.1) is 17.6 Å². The molecule has 3 atom stereocenters. The molecular formula is C15H20F2O2. The van der Waals surface area contributed by atoms with E-state index in [1.54, 1.807) is 0 Å². The van der Waals surface area contributed by atoms with Crippen LogP contribution >= 0.6 is 0 Å². The number of aliphatic hydroxyl groups excluding tert-OH is 1. The van der Waals surface area contributed by atoms with Crippen molar-refractivity contribution >= 4 is 0 Å². The van der Waals surface area contributed by atoms with Gasteiger partial charge in [0.15, 0.2) is 11.6 Å². The lowest BCUT2D eigenvalue weighted by Crippen LogP contribution is -2.27. The van der Waals surface area contributed by atoms with E-state index in [0.29, 0.717) is 5.92 Å². The molecule has 0 saturated heterocycles. The molecule has 1 aliphatic carbocycles. The second-order valence-corrected chi connectivity index (χ2v) is 5.29. The van der Waals surface area contributed by atoms with Crippen LogP contribution in [0.15, 0.2) is 18.2 Å². The lowest BCUT2D eigenvalue weighted by atomic mass is 9.88. The maximum absolute atomic E-state index is 13.5. The van der Waals surface area contributed by atoms with Gasteiger partial charge in [0.2, 0.25) is 0 Å². The fourth-order valence-corrected chi connectivity index (χ4v) is 2.61. The van der Waals surface area contributed by atoms with Crippen LogP contribution in [0.1, 0.15) is 44.3 Å². The predicted molar refractivity (Wildman–Crippen MR) is 68.7 cm³/mol. The third-order valence-electron chi connectivity index (χ3n) is 3.84. The van der Waals surface area contributed by atoms with Crippen LogP contribution in [0.2, 0.25) is 0 Å². The third kappa shape index (κ3) is 3.51. The van der Waals surface area contributed by atoms with E-state index in [2.05, 4.69) is 6.92 Å². The molecule has 0 bridgehead atoms. The van der Waals surface area contributed by atoms with Crippen molar-refractivity contribution in [3.05, 3.63) is 35.4 Å². The Labute approximate surface area is 112 Å². The summed E-state index contributed by atoms with van der Waals surface area (Å²) < 4.78 is 32.2. The fraction of sp³-hybridized carbons (Fsp3) is 0.600. The molecule has 0 spiro atoms. The van der Waals surface area contributed by atoms with E-state index < -0.39 is 17.7 Å². The molecule has 106 valence electrons. The molecule has 0 aromatic heterocycles. The molecule has 1 N–H and O–H groups in total. The smallest absolute Gasteiger partial charge is 0.164 e. The van der Waals surface area contributed by atoms with Crippen LogP contribution in [-0.4, -0.2) is 17.8 Å². The first kappa shape index (κ1) is 14.4. The van der Waals surface area contributed by atoms with E-state index in [-0.39, 0.29) is 18.3 Å². The highest BCUT2D eigenvalue weighted by Crippen LogP contribution is 2.28. The lowest BCUT2D eigenvalue weighted by molar-refractivity contribution is -0.0476. The average molecular weight is 270 g/mol. The molecule has 1 fully saturated rings. The van der Waals surface area contributed by atoms with Crippen molar-refractivity contribution in [2.75, 3.05) is 6.61 Å². The molecule has 1 aromatic rings. The molecule has 19 heavy (non-hydrogen) atoms. The molecular weight excluding hydrogens is 250 g/mol. The van der Waals surface area contributed by atoms with Gasteiger partial charge in [-0.15, -0.1) is 0 Å². The first-order valence-corrected chi connectivity index (χ1v) is 6.83. The Balaban J connectivity index is 1.93. The minimum atomic E-state index is -1.12. The van der Waals surface area contributed by atoms with E-state index in [1.165, 1.54) is 18.6 Å². The first-order chi connectivity index (χ1) is 9.09. The normalized spacial score (nSPS) is 25.3. The van der Waals surface area contributed by atoms with Gasteiger partial charge in [0.1, 0.15) is 6.10 Å². The summed E-state index contributed by atoms with van der Waals surface area (Å²) in [6.07, 6.45) is 3.42. The Morgan fingerprint density at radius 2 is 2.05 bits per heavy atom. The molecule has 1 aliphatic rings. The Morgan fingerprint density at radius 3 is 2.79 bits per heavy atom. The fourth-order valence-electron chi connectivity index (χ4n) is 2.61. The Bertz CT molecular complexity index is 423. The van der Waals surface area contributed by atoms with Crippen molar-refractivity contribution in [2.45, 2.75) is 44.8 Å². The number of hydrogen-bond donors (Lipinski definition) is 1. The molecule has 4 heteroatoms. The zero-order valence-corrected chi connectivity index (χ0v) is 11.1. The molecule has 2 rings (SSSR count). The summed E-state index contributed by atoms with van der Waals surface area (Å²) >= 11 is 0. The lowest BCUT2D eigenvalue weighted by Gasteiger charge is -2.29.